The van der Waals surface area contributed by atoms with Crippen LogP contribution in [0.4, 0.5) is 0 Å². The second-order valence-corrected chi connectivity index (χ2v) is 4.68. The van der Waals surface area contributed by atoms with Gasteiger partial charge in [-0.3, -0.25) is 4.79 Å². The average Bonchev–Trinajstić information content (AvgIpc) is 2.53. The number of aldehydes is 1. The summed E-state index contributed by atoms with van der Waals surface area (Å²) in [7, 11) is 0. The van der Waals surface area contributed by atoms with Crippen LogP contribution in [0.15, 0.2) is 23.3 Å². The van der Waals surface area contributed by atoms with E-state index in [-0.39, 0.29) is 5.78 Å². The Labute approximate surface area is 97.4 Å². The average molecular weight is 220 g/mol. The standard InChI is InChI=1S/C14H20O2/c1-4-5-6-13-11(2)7-8-14(13,10-15)9-12(3)16/h4-5,10H,6-9H2,1-3H3. The van der Waals surface area contributed by atoms with Crippen LogP contribution in [-0.4, -0.2) is 12.1 Å². The maximum atomic E-state index is 11.4. The monoisotopic (exact) mass is 220 g/mol. The lowest BCUT2D eigenvalue weighted by Gasteiger charge is -2.25. The molecule has 0 aliphatic heterocycles. The molecule has 0 bridgehead atoms. The van der Waals surface area contributed by atoms with Gasteiger partial charge in [-0.1, -0.05) is 23.3 Å². The van der Waals surface area contributed by atoms with Crippen LogP contribution >= 0.6 is 0 Å². The molecule has 1 unspecified atom stereocenters. The summed E-state index contributed by atoms with van der Waals surface area (Å²) in [4.78, 5) is 22.7. The molecule has 1 aliphatic carbocycles. The van der Waals surface area contributed by atoms with Crippen molar-refractivity contribution < 1.29 is 9.59 Å². The van der Waals surface area contributed by atoms with Crippen LogP contribution in [0.1, 0.15) is 46.5 Å². The molecule has 0 radical (unpaired) electrons. The lowest BCUT2D eigenvalue weighted by atomic mass is 9.77. The molecule has 88 valence electrons. The van der Waals surface area contributed by atoms with E-state index in [1.165, 1.54) is 5.57 Å². The van der Waals surface area contributed by atoms with E-state index in [0.717, 1.165) is 31.1 Å². The predicted octanol–water partition coefficient (Wildman–Crippen LogP) is 3.23. The number of allylic oxidation sites excluding steroid dienone is 4. The van der Waals surface area contributed by atoms with E-state index in [1.54, 1.807) is 6.92 Å². The summed E-state index contributed by atoms with van der Waals surface area (Å²) in [6.07, 6.45) is 7.94. The van der Waals surface area contributed by atoms with E-state index in [1.807, 2.05) is 13.0 Å². The number of hydrogen-bond acceptors (Lipinski definition) is 2. The van der Waals surface area contributed by atoms with Crippen molar-refractivity contribution >= 4 is 12.1 Å². The molecule has 16 heavy (non-hydrogen) atoms. The van der Waals surface area contributed by atoms with Crippen molar-refractivity contribution in [2.75, 3.05) is 0 Å². The highest BCUT2D eigenvalue weighted by atomic mass is 16.1. The van der Waals surface area contributed by atoms with Crippen LogP contribution in [0.2, 0.25) is 0 Å². The lowest BCUT2D eigenvalue weighted by molar-refractivity contribution is -0.124. The zero-order valence-corrected chi connectivity index (χ0v) is 10.4. The molecule has 0 N–H and O–H groups in total. The highest BCUT2D eigenvalue weighted by Crippen LogP contribution is 2.45. The Balaban J connectivity index is 3.00. The smallest absolute Gasteiger partial charge is 0.131 e. The number of carbonyl (C=O) groups excluding carboxylic acids is 2. The van der Waals surface area contributed by atoms with Crippen LogP contribution in [0.5, 0.6) is 0 Å². The zero-order valence-electron chi connectivity index (χ0n) is 10.4. The van der Waals surface area contributed by atoms with Gasteiger partial charge in [0.15, 0.2) is 0 Å². The van der Waals surface area contributed by atoms with Crippen LogP contribution in [0, 0.1) is 5.41 Å². The van der Waals surface area contributed by atoms with Crippen LogP contribution in [0.3, 0.4) is 0 Å². The van der Waals surface area contributed by atoms with Crippen LogP contribution in [0.25, 0.3) is 0 Å². The Bertz CT molecular complexity index is 350. The molecule has 0 fully saturated rings. The minimum atomic E-state index is -0.505. The molecular formula is C14H20O2. The quantitative estimate of drug-likeness (QED) is 0.526. The van der Waals surface area contributed by atoms with Gasteiger partial charge < -0.3 is 4.79 Å². The molecule has 0 saturated heterocycles. The van der Waals surface area contributed by atoms with Crippen molar-refractivity contribution in [3.63, 3.8) is 0 Å². The molecule has 0 aromatic rings. The zero-order chi connectivity index (χ0) is 12.2. The van der Waals surface area contributed by atoms with Gasteiger partial charge in [0.05, 0.1) is 5.41 Å². The van der Waals surface area contributed by atoms with E-state index in [0.29, 0.717) is 6.42 Å². The van der Waals surface area contributed by atoms with Gasteiger partial charge in [0.2, 0.25) is 0 Å². The minimum absolute atomic E-state index is 0.0970. The Morgan fingerprint density at radius 1 is 1.50 bits per heavy atom. The topological polar surface area (TPSA) is 34.1 Å². The maximum absolute atomic E-state index is 11.4. The Hall–Kier alpha value is -1.18. The maximum Gasteiger partial charge on any atom is 0.131 e. The first-order valence-corrected chi connectivity index (χ1v) is 5.82. The summed E-state index contributed by atoms with van der Waals surface area (Å²) in [5.41, 5.74) is 1.94. The molecule has 1 aliphatic rings. The molecule has 0 heterocycles. The first-order chi connectivity index (χ1) is 7.55. The highest BCUT2D eigenvalue weighted by Gasteiger charge is 2.39. The second kappa shape index (κ2) is 5.24. The van der Waals surface area contributed by atoms with Crippen molar-refractivity contribution in [3.8, 4) is 0 Å². The van der Waals surface area contributed by atoms with Crippen molar-refractivity contribution in [2.45, 2.75) is 46.5 Å². The first kappa shape index (κ1) is 12.9. The fraction of sp³-hybridized carbons (Fsp3) is 0.571. The molecule has 1 rings (SSSR count). The number of hydrogen-bond donors (Lipinski definition) is 0. The third-order valence-corrected chi connectivity index (χ3v) is 3.41. The summed E-state index contributed by atoms with van der Waals surface area (Å²) < 4.78 is 0. The summed E-state index contributed by atoms with van der Waals surface area (Å²) in [5, 5.41) is 0. The van der Waals surface area contributed by atoms with Gasteiger partial charge in [-0.15, -0.1) is 0 Å². The molecule has 1 atom stereocenters. The molecule has 0 spiro atoms. The number of Topliss-reactive ketones (excluding diaryl/α,β-unsaturated/α-hetero) is 1. The molecule has 2 nitrogen and oxygen atoms in total. The molecule has 0 saturated carbocycles. The molecule has 0 amide bonds. The van der Waals surface area contributed by atoms with Gasteiger partial charge in [0, 0.05) is 6.42 Å². The van der Waals surface area contributed by atoms with Crippen molar-refractivity contribution in [2.24, 2.45) is 5.41 Å². The van der Waals surface area contributed by atoms with Gasteiger partial charge in [0.25, 0.3) is 0 Å². The van der Waals surface area contributed by atoms with E-state index >= 15 is 0 Å². The number of ketones is 1. The van der Waals surface area contributed by atoms with E-state index in [4.69, 9.17) is 0 Å². The van der Waals surface area contributed by atoms with Crippen LogP contribution in [-0.2, 0) is 9.59 Å². The van der Waals surface area contributed by atoms with Crippen molar-refractivity contribution in [1.82, 2.24) is 0 Å². The van der Waals surface area contributed by atoms with Gasteiger partial charge in [-0.25, -0.2) is 0 Å². The summed E-state index contributed by atoms with van der Waals surface area (Å²) in [6.45, 7) is 5.61. The number of rotatable bonds is 5. The molecule has 0 aromatic heterocycles. The van der Waals surface area contributed by atoms with Crippen molar-refractivity contribution in [1.29, 1.82) is 0 Å². The Morgan fingerprint density at radius 2 is 2.19 bits per heavy atom. The van der Waals surface area contributed by atoms with Crippen LogP contribution < -0.4 is 0 Å². The number of carbonyl (C=O) groups is 2. The summed E-state index contributed by atoms with van der Waals surface area (Å²) in [5.74, 6) is 0.0970. The van der Waals surface area contributed by atoms with Gasteiger partial charge in [-0.05, 0) is 40.0 Å². The van der Waals surface area contributed by atoms with E-state index in [9.17, 15) is 9.59 Å². The van der Waals surface area contributed by atoms with Crippen molar-refractivity contribution in [3.05, 3.63) is 23.3 Å². The largest absolute Gasteiger partial charge is 0.302 e. The normalized spacial score (nSPS) is 25.4. The molecule has 2 heteroatoms. The minimum Gasteiger partial charge on any atom is -0.302 e. The first-order valence-electron chi connectivity index (χ1n) is 5.82. The predicted molar refractivity (Wildman–Crippen MR) is 65.2 cm³/mol. The van der Waals surface area contributed by atoms with Gasteiger partial charge in [0.1, 0.15) is 12.1 Å². The van der Waals surface area contributed by atoms with E-state index < -0.39 is 5.41 Å². The highest BCUT2D eigenvalue weighted by molar-refractivity contribution is 5.83. The fourth-order valence-corrected chi connectivity index (χ4v) is 2.56. The Morgan fingerprint density at radius 3 is 2.69 bits per heavy atom. The van der Waals surface area contributed by atoms with Gasteiger partial charge in [-0.2, -0.15) is 0 Å². The summed E-state index contributed by atoms with van der Waals surface area (Å²) in [6, 6.07) is 0. The molecule has 0 aromatic carbocycles. The Kier molecular flexibility index (Phi) is 4.22. The fourth-order valence-electron chi connectivity index (χ4n) is 2.56. The SMILES string of the molecule is CC=CCC1=C(C)CCC1(C=O)CC(C)=O. The third-order valence-electron chi connectivity index (χ3n) is 3.41. The molecular weight excluding hydrogens is 200 g/mol. The van der Waals surface area contributed by atoms with E-state index in [2.05, 4.69) is 13.0 Å². The van der Waals surface area contributed by atoms with Gasteiger partial charge >= 0.3 is 0 Å². The summed E-state index contributed by atoms with van der Waals surface area (Å²) >= 11 is 0. The lowest BCUT2D eigenvalue weighted by Crippen LogP contribution is -2.25. The third kappa shape index (κ3) is 2.49. The second-order valence-electron chi connectivity index (χ2n) is 4.68.